The molecule has 1 aromatic heterocycles. The molecule has 3 N–H and O–H groups in total. The second kappa shape index (κ2) is 4.21. The molecule has 0 fully saturated rings. The lowest BCUT2D eigenvalue weighted by molar-refractivity contribution is -0.136. The fourth-order valence-corrected chi connectivity index (χ4v) is 1.68. The van der Waals surface area contributed by atoms with Crippen molar-refractivity contribution in [3.63, 3.8) is 0 Å². The molecular weight excluding hydrogens is 224 g/mol. The molecule has 0 aliphatic carbocycles. The van der Waals surface area contributed by atoms with Gasteiger partial charge in [-0.15, -0.1) is 0 Å². The van der Waals surface area contributed by atoms with Crippen LogP contribution in [0.25, 0.3) is 11.3 Å². The van der Waals surface area contributed by atoms with Crippen molar-refractivity contribution in [2.45, 2.75) is 6.42 Å². The number of hydrogen-bond acceptors (Lipinski definition) is 4. The van der Waals surface area contributed by atoms with Crippen molar-refractivity contribution in [1.82, 2.24) is 0 Å². The maximum Gasteiger partial charge on any atom is 0.307 e. The van der Waals surface area contributed by atoms with Gasteiger partial charge in [0.25, 0.3) is 0 Å². The third kappa shape index (κ3) is 2.23. The number of aliphatic carboxylic acids is 1. The van der Waals surface area contributed by atoms with Crippen molar-refractivity contribution >= 4 is 5.97 Å². The van der Waals surface area contributed by atoms with Gasteiger partial charge in [0, 0.05) is 6.07 Å². The van der Waals surface area contributed by atoms with Gasteiger partial charge in [-0.2, -0.15) is 0 Å². The van der Waals surface area contributed by atoms with Gasteiger partial charge in [-0.25, -0.2) is 0 Å². The largest absolute Gasteiger partial charge is 0.508 e. The van der Waals surface area contributed by atoms with Crippen LogP contribution in [-0.4, -0.2) is 21.3 Å². The van der Waals surface area contributed by atoms with E-state index in [-0.39, 0.29) is 23.5 Å². The SMILES string of the molecule is O=C(O)Cc1cc(O)cc(O)c1-c1ccco1. The predicted octanol–water partition coefficient (Wildman–Crippen LogP) is 1.98. The number of phenolic OH excluding ortho intramolecular Hbond substituents is 2. The van der Waals surface area contributed by atoms with Gasteiger partial charge in [0.15, 0.2) is 0 Å². The van der Waals surface area contributed by atoms with Crippen molar-refractivity contribution in [1.29, 1.82) is 0 Å². The highest BCUT2D eigenvalue weighted by atomic mass is 16.4. The van der Waals surface area contributed by atoms with Crippen LogP contribution in [0.5, 0.6) is 11.5 Å². The molecule has 5 heteroatoms. The molecule has 0 saturated carbocycles. The van der Waals surface area contributed by atoms with Crippen molar-refractivity contribution in [3.05, 3.63) is 36.1 Å². The molecular formula is C12H10O5. The van der Waals surface area contributed by atoms with Gasteiger partial charge in [0.1, 0.15) is 17.3 Å². The molecule has 1 aromatic carbocycles. The minimum atomic E-state index is -1.05. The first-order valence-corrected chi connectivity index (χ1v) is 4.88. The van der Waals surface area contributed by atoms with Gasteiger partial charge in [0.2, 0.25) is 0 Å². The highest BCUT2D eigenvalue weighted by Gasteiger charge is 2.16. The average Bonchev–Trinajstić information content (AvgIpc) is 2.68. The summed E-state index contributed by atoms with van der Waals surface area (Å²) in [4.78, 5) is 10.7. The minimum Gasteiger partial charge on any atom is -0.508 e. The summed E-state index contributed by atoms with van der Waals surface area (Å²) in [6, 6.07) is 5.68. The van der Waals surface area contributed by atoms with Crippen molar-refractivity contribution < 1.29 is 24.5 Å². The molecule has 0 amide bonds. The van der Waals surface area contributed by atoms with Crippen LogP contribution in [0.3, 0.4) is 0 Å². The number of benzene rings is 1. The van der Waals surface area contributed by atoms with E-state index >= 15 is 0 Å². The van der Waals surface area contributed by atoms with Crippen LogP contribution >= 0.6 is 0 Å². The fraction of sp³-hybridized carbons (Fsp3) is 0.0833. The number of carboxylic acid groups (broad SMARTS) is 1. The Balaban J connectivity index is 2.59. The lowest BCUT2D eigenvalue weighted by atomic mass is 10.0. The summed E-state index contributed by atoms with van der Waals surface area (Å²) in [7, 11) is 0. The molecule has 1 heterocycles. The van der Waals surface area contributed by atoms with Crippen molar-refractivity contribution in [2.24, 2.45) is 0 Å². The third-order valence-electron chi connectivity index (χ3n) is 2.29. The van der Waals surface area contributed by atoms with Crippen LogP contribution in [-0.2, 0) is 11.2 Å². The Kier molecular flexibility index (Phi) is 2.74. The molecule has 2 rings (SSSR count). The summed E-state index contributed by atoms with van der Waals surface area (Å²) in [6.45, 7) is 0. The maximum absolute atomic E-state index is 10.7. The Hall–Kier alpha value is -2.43. The van der Waals surface area contributed by atoms with Crippen molar-refractivity contribution in [3.8, 4) is 22.8 Å². The zero-order chi connectivity index (χ0) is 12.4. The van der Waals surface area contributed by atoms with Crippen molar-refractivity contribution in [2.75, 3.05) is 0 Å². The van der Waals surface area contributed by atoms with Crippen LogP contribution < -0.4 is 0 Å². The zero-order valence-electron chi connectivity index (χ0n) is 8.75. The van der Waals surface area contributed by atoms with Crippen LogP contribution in [0.15, 0.2) is 34.9 Å². The number of carboxylic acids is 1. The number of aromatic hydroxyl groups is 2. The fourth-order valence-electron chi connectivity index (χ4n) is 1.68. The average molecular weight is 234 g/mol. The molecule has 0 aliphatic rings. The van der Waals surface area contributed by atoms with E-state index in [1.54, 1.807) is 12.1 Å². The van der Waals surface area contributed by atoms with Gasteiger partial charge in [-0.3, -0.25) is 4.79 Å². The van der Waals surface area contributed by atoms with Gasteiger partial charge < -0.3 is 19.7 Å². The minimum absolute atomic E-state index is 0.186. The lowest BCUT2D eigenvalue weighted by Gasteiger charge is -2.08. The molecule has 88 valence electrons. The van der Waals surface area contributed by atoms with Gasteiger partial charge >= 0.3 is 5.97 Å². The summed E-state index contributed by atoms with van der Waals surface area (Å²) in [5.74, 6) is -1.09. The predicted molar refractivity (Wildman–Crippen MR) is 58.8 cm³/mol. The van der Waals surface area contributed by atoms with Crippen LogP contribution in [0, 0.1) is 0 Å². The number of furan rings is 1. The number of carbonyl (C=O) groups is 1. The highest BCUT2D eigenvalue weighted by Crippen LogP contribution is 2.36. The summed E-state index contributed by atoms with van der Waals surface area (Å²) in [5, 5.41) is 27.9. The van der Waals surface area contributed by atoms with E-state index in [4.69, 9.17) is 9.52 Å². The van der Waals surface area contributed by atoms with E-state index in [2.05, 4.69) is 0 Å². The van der Waals surface area contributed by atoms with E-state index < -0.39 is 5.97 Å². The second-order valence-corrected chi connectivity index (χ2v) is 3.55. The molecule has 0 saturated heterocycles. The zero-order valence-corrected chi connectivity index (χ0v) is 8.75. The van der Waals surface area contributed by atoms with Crippen LogP contribution in [0.1, 0.15) is 5.56 Å². The maximum atomic E-state index is 10.7. The quantitative estimate of drug-likeness (QED) is 0.755. The molecule has 0 unspecified atom stereocenters. The highest BCUT2D eigenvalue weighted by molar-refractivity contribution is 5.78. The van der Waals surface area contributed by atoms with Gasteiger partial charge in [0.05, 0.1) is 18.2 Å². The molecule has 17 heavy (non-hydrogen) atoms. The second-order valence-electron chi connectivity index (χ2n) is 3.55. The first kappa shape index (κ1) is 11.1. The summed E-state index contributed by atoms with van der Waals surface area (Å²) in [6.07, 6.45) is 1.12. The van der Waals surface area contributed by atoms with Gasteiger partial charge in [-0.1, -0.05) is 0 Å². The number of phenols is 2. The van der Waals surface area contributed by atoms with E-state index in [9.17, 15) is 15.0 Å². The Morgan fingerprint density at radius 2 is 2.06 bits per heavy atom. The molecule has 0 radical (unpaired) electrons. The van der Waals surface area contributed by atoms with Crippen LogP contribution in [0.4, 0.5) is 0 Å². The molecule has 0 aliphatic heterocycles. The standard InChI is InChI=1S/C12H10O5/c13-8-4-7(5-11(15)16)12(9(14)6-8)10-2-1-3-17-10/h1-4,6,13-14H,5H2,(H,15,16). The Bertz CT molecular complexity index is 542. The smallest absolute Gasteiger partial charge is 0.307 e. The first-order chi connectivity index (χ1) is 8.08. The molecule has 0 spiro atoms. The van der Waals surface area contributed by atoms with E-state index in [0.717, 1.165) is 6.07 Å². The molecule has 0 bridgehead atoms. The van der Waals surface area contributed by atoms with E-state index in [0.29, 0.717) is 11.3 Å². The third-order valence-corrected chi connectivity index (χ3v) is 2.29. The first-order valence-electron chi connectivity index (χ1n) is 4.88. The van der Waals surface area contributed by atoms with Gasteiger partial charge in [-0.05, 0) is 23.8 Å². The van der Waals surface area contributed by atoms with E-state index in [1.165, 1.54) is 12.3 Å². The lowest BCUT2D eigenvalue weighted by Crippen LogP contribution is -2.01. The summed E-state index contributed by atoms with van der Waals surface area (Å²) < 4.78 is 5.13. The topological polar surface area (TPSA) is 90.9 Å². The monoisotopic (exact) mass is 234 g/mol. The Morgan fingerprint density at radius 3 is 2.65 bits per heavy atom. The van der Waals surface area contributed by atoms with Crippen LogP contribution in [0.2, 0.25) is 0 Å². The summed E-state index contributed by atoms with van der Waals surface area (Å²) in [5.41, 5.74) is 0.583. The number of rotatable bonds is 3. The Morgan fingerprint density at radius 1 is 1.29 bits per heavy atom. The number of hydrogen-bond donors (Lipinski definition) is 3. The molecule has 2 aromatic rings. The Labute approximate surface area is 96.6 Å². The molecule has 5 nitrogen and oxygen atoms in total. The van der Waals surface area contributed by atoms with E-state index in [1.807, 2.05) is 0 Å². The normalized spacial score (nSPS) is 10.4. The molecule has 0 atom stereocenters. The summed E-state index contributed by atoms with van der Waals surface area (Å²) >= 11 is 0.